The molecule has 0 saturated heterocycles. The lowest BCUT2D eigenvalue weighted by Crippen LogP contribution is -2.30. The van der Waals surface area contributed by atoms with Gasteiger partial charge in [-0.2, -0.15) is 0 Å². The summed E-state index contributed by atoms with van der Waals surface area (Å²) in [7, 11) is 1.65. The van der Waals surface area contributed by atoms with Gasteiger partial charge in [-0.05, 0) is 19.1 Å². The second-order valence-electron chi connectivity index (χ2n) is 4.20. The molecule has 0 aliphatic heterocycles. The van der Waals surface area contributed by atoms with Crippen molar-refractivity contribution in [3.63, 3.8) is 0 Å². The predicted octanol–water partition coefficient (Wildman–Crippen LogP) is 0.892. The van der Waals surface area contributed by atoms with Crippen molar-refractivity contribution in [3.05, 3.63) is 33.9 Å². The number of carbonyl (C=O) groups excluding carboxylic acids is 2. The molecule has 8 heteroatoms. The van der Waals surface area contributed by atoms with E-state index in [1.165, 1.54) is 18.2 Å². The van der Waals surface area contributed by atoms with Gasteiger partial charge in [0, 0.05) is 38.3 Å². The van der Waals surface area contributed by atoms with E-state index >= 15 is 0 Å². The Kier molecular flexibility index (Phi) is 6.12. The molecule has 0 heterocycles. The van der Waals surface area contributed by atoms with E-state index in [4.69, 9.17) is 0 Å². The van der Waals surface area contributed by atoms with Gasteiger partial charge in [-0.3, -0.25) is 19.7 Å². The zero-order valence-corrected chi connectivity index (χ0v) is 11.9. The third-order valence-corrected chi connectivity index (χ3v) is 2.74. The number of anilines is 1. The van der Waals surface area contributed by atoms with Gasteiger partial charge in [0.25, 0.3) is 11.6 Å². The van der Waals surface area contributed by atoms with Crippen LogP contribution in [0.4, 0.5) is 11.4 Å². The highest BCUT2D eigenvalue weighted by molar-refractivity contribution is 5.99. The van der Waals surface area contributed by atoms with Gasteiger partial charge < -0.3 is 16.0 Å². The van der Waals surface area contributed by atoms with Crippen LogP contribution in [0.15, 0.2) is 18.2 Å². The number of amides is 2. The van der Waals surface area contributed by atoms with Crippen LogP contribution in [-0.4, -0.2) is 36.9 Å². The standard InChI is InChI=1S/C13H18N4O4/c1-3-15-12(18)6-7-16-13(19)10-8-9(14-2)4-5-11(10)17(20)21/h4-5,8,14H,3,6-7H2,1-2H3,(H,15,18)(H,16,19). The summed E-state index contributed by atoms with van der Waals surface area (Å²) in [6.45, 7) is 2.43. The Morgan fingerprint density at radius 3 is 2.57 bits per heavy atom. The van der Waals surface area contributed by atoms with E-state index in [-0.39, 0.29) is 30.1 Å². The van der Waals surface area contributed by atoms with E-state index in [9.17, 15) is 19.7 Å². The first-order valence-electron chi connectivity index (χ1n) is 6.50. The maximum Gasteiger partial charge on any atom is 0.282 e. The number of rotatable bonds is 7. The van der Waals surface area contributed by atoms with Gasteiger partial charge >= 0.3 is 0 Å². The lowest BCUT2D eigenvalue weighted by Gasteiger charge is -2.08. The summed E-state index contributed by atoms with van der Waals surface area (Å²) in [4.78, 5) is 33.6. The molecule has 0 aliphatic rings. The molecule has 0 aliphatic carbocycles. The molecule has 2 amide bonds. The number of nitro benzene ring substituents is 1. The highest BCUT2D eigenvalue weighted by Gasteiger charge is 2.20. The zero-order valence-electron chi connectivity index (χ0n) is 11.9. The van der Waals surface area contributed by atoms with E-state index < -0.39 is 10.8 Å². The van der Waals surface area contributed by atoms with Crippen molar-refractivity contribution >= 4 is 23.2 Å². The van der Waals surface area contributed by atoms with E-state index in [1.807, 2.05) is 0 Å². The summed E-state index contributed by atoms with van der Waals surface area (Å²) in [6, 6.07) is 4.19. The lowest BCUT2D eigenvalue weighted by atomic mass is 10.1. The molecule has 0 saturated carbocycles. The highest BCUT2D eigenvalue weighted by Crippen LogP contribution is 2.22. The molecule has 0 fully saturated rings. The van der Waals surface area contributed by atoms with E-state index in [0.29, 0.717) is 12.2 Å². The van der Waals surface area contributed by atoms with Crippen LogP contribution in [0.1, 0.15) is 23.7 Å². The number of hydrogen-bond donors (Lipinski definition) is 3. The smallest absolute Gasteiger partial charge is 0.282 e. The third-order valence-electron chi connectivity index (χ3n) is 2.74. The quantitative estimate of drug-likeness (QED) is 0.510. The van der Waals surface area contributed by atoms with E-state index in [1.54, 1.807) is 14.0 Å². The Labute approximate surface area is 122 Å². The summed E-state index contributed by atoms with van der Waals surface area (Å²) in [5.41, 5.74) is 0.279. The highest BCUT2D eigenvalue weighted by atomic mass is 16.6. The predicted molar refractivity (Wildman–Crippen MR) is 78.3 cm³/mol. The minimum absolute atomic E-state index is 0.0391. The summed E-state index contributed by atoms with van der Waals surface area (Å²) in [5, 5.41) is 18.8. The van der Waals surface area contributed by atoms with Gasteiger partial charge in [0.15, 0.2) is 0 Å². The van der Waals surface area contributed by atoms with Gasteiger partial charge in [0.1, 0.15) is 5.56 Å². The largest absolute Gasteiger partial charge is 0.388 e. The minimum atomic E-state index is -0.613. The Bertz CT molecular complexity index is 545. The molecule has 114 valence electrons. The van der Waals surface area contributed by atoms with Crippen LogP contribution in [-0.2, 0) is 4.79 Å². The zero-order chi connectivity index (χ0) is 15.8. The second kappa shape index (κ2) is 7.83. The van der Waals surface area contributed by atoms with Crippen molar-refractivity contribution in [3.8, 4) is 0 Å². The van der Waals surface area contributed by atoms with Crippen LogP contribution in [0.2, 0.25) is 0 Å². The SMILES string of the molecule is CCNC(=O)CCNC(=O)c1cc(NC)ccc1[N+](=O)[O-]. The molecule has 1 aromatic carbocycles. The average Bonchev–Trinajstić information content (AvgIpc) is 2.46. The fourth-order valence-corrected chi connectivity index (χ4v) is 1.70. The normalized spacial score (nSPS) is 9.81. The maximum atomic E-state index is 12.0. The fourth-order valence-electron chi connectivity index (χ4n) is 1.70. The number of benzene rings is 1. The van der Waals surface area contributed by atoms with Gasteiger partial charge in [0.05, 0.1) is 4.92 Å². The molecule has 0 unspecified atom stereocenters. The number of nitrogens with zero attached hydrogens (tertiary/aromatic N) is 1. The fraction of sp³-hybridized carbons (Fsp3) is 0.385. The molecular weight excluding hydrogens is 276 g/mol. The molecule has 0 atom stereocenters. The van der Waals surface area contributed by atoms with Crippen molar-refractivity contribution in [1.29, 1.82) is 0 Å². The first-order valence-corrected chi connectivity index (χ1v) is 6.50. The first kappa shape index (κ1) is 16.4. The molecule has 0 aromatic heterocycles. The molecule has 1 aromatic rings. The Morgan fingerprint density at radius 1 is 1.29 bits per heavy atom. The number of hydrogen-bond acceptors (Lipinski definition) is 5. The molecule has 0 spiro atoms. The van der Waals surface area contributed by atoms with Gasteiger partial charge in [-0.25, -0.2) is 0 Å². The summed E-state index contributed by atoms with van der Waals surface area (Å²) in [6.07, 6.45) is 0.124. The van der Waals surface area contributed by atoms with Crippen molar-refractivity contribution in [1.82, 2.24) is 10.6 Å². The van der Waals surface area contributed by atoms with Crippen LogP contribution in [0.25, 0.3) is 0 Å². The van der Waals surface area contributed by atoms with Gasteiger partial charge in [-0.1, -0.05) is 0 Å². The van der Waals surface area contributed by atoms with Gasteiger partial charge in [-0.15, -0.1) is 0 Å². The minimum Gasteiger partial charge on any atom is -0.388 e. The number of nitro groups is 1. The van der Waals surface area contributed by atoms with Crippen molar-refractivity contribution < 1.29 is 14.5 Å². The third kappa shape index (κ3) is 4.75. The van der Waals surface area contributed by atoms with Crippen molar-refractivity contribution in [2.75, 3.05) is 25.5 Å². The summed E-state index contributed by atoms with van der Waals surface area (Å²) < 4.78 is 0. The Balaban J connectivity index is 2.76. The topological polar surface area (TPSA) is 113 Å². The molecule has 1 rings (SSSR count). The first-order chi connectivity index (χ1) is 9.99. The lowest BCUT2D eigenvalue weighted by molar-refractivity contribution is -0.385. The Hall–Kier alpha value is -2.64. The Morgan fingerprint density at radius 2 is 2.00 bits per heavy atom. The number of carbonyl (C=O) groups is 2. The van der Waals surface area contributed by atoms with E-state index in [0.717, 1.165) is 0 Å². The number of nitrogens with one attached hydrogen (secondary N) is 3. The van der Waals surface area contributed by atoms with Crippen LogP contribution in [0.5, 0.6) is 0 Å². The van der Waals surface area contributed by atoms with Gasteiger partial charge in [0.2, 0.25) is 5.91 Å². The molecule has 21 heavy (non-hydrogen) atoms. The second-order valence-corrected chi connectivity index (χ2v) is 4.20. The molecule has 3 N–H and O–H groups in total. The molecule has 8 nitrogen and oxygen atoms in total. The van der Waals surface area contributed by atoms with Crippen LogP contribution in [0, 0.1) is 10.1 Å². The summed E-state index contributed by atoms with van der Waals surface area (Å²) >= 11 is 0. The molecule has 0 bridgehead atoms. The average molecular weight is 294 g/mol. The maximum absolute atomic E-state index is 12.0. The molecular formula is C13H18N4O4. The van der Waals surface area contributed by atoms with Crippen molar-refractivity contribution in [2.24, 2.45) is 0 Å². The van der Waals surface area contributed by atoms with Crippen LogP contribution in [0.3, 0.4) is 0 Å². The van der Waals surface area contributed by atoms with E-state index in [2.05, 4.69) is 16.0 Å². The van der Waals surface area contributed by atoms with Crippen LogP contribution >= 0.6 is 0 Å². The van der Waals surface area contributed by atoms with Crippen LogP contribution < -0.4 is 16.0 Å². The monoisotopic (exact) mass is 294 g/mol. The molecule has 0 radical (unpaired) electrons. The summed E-state index contributed by atoms with van der Waals surface area (Å²) in [5.74, 6) is -0.764. The van der Waals surface area contributed by atoms with Crippen molar-refractivity contribution in [2.45, 2.75) is 13.3 Å².